The molecular formula is C19H19N5O2. The molecule has 0 bridgehead atoms. The molecule has 26 heavy (non-hydrogen) atoms. The number of anilines is 1. The lowest BCUT2D eigenvalue weighted by Gasteiger charge is -2.08. The molecule has 2 aromatic carbocycles. The van der Waals surface area contributed by atoms with Crippen LogP contribution in [-0.2, 0) is 17.9 Å². The summed E-state index contributed by atoms with van der Waals surface area (Å²) in [5.41, 5.74) is 3.33. The van der Waals surface area contributed by atoms with Crippen molar-refractivity contribution in [2.75, 3.05) is 5.32 Å². The van der Waals surface area contributed by atoms with Crippen LogP contribution < -0.4 is 10.6 Å². The lowest BCUT2D eigenvalue weighted by molar-refractivity contribution is -0.114. The monoisotopic (exact) mass is 349 g/mol. The second-order valence-corrected chi connectivity index (χ2v) is 5.85. The molecular weight excluding hydrogens is 330 g/mol. The predicted octanol–water partition coefficient (Wildman–Crippen LogP) is 2.21. The van der Waals surface area contributed by atoms with Gasteiger partial charge in [-0.3, -0.25) is 9.59 Å². The quantitative estimate of drug-likeness (QED) is 0.714. The van der Waals surface area contributed by atoms with E-state index in [1.165, 1.54) is 13.3 Å². The van der Waals surface area contributed by atoms with Crippen LogP contribution >= 0.6 is 0 Å². The average Bonchev–Trinajstić information content (AvgIpc) is 3.14. The molecule has 7 heteroatoms. The number of rotatable bonds is 6. The summed E-state index contributed by atoms with van der Waals surface area (Å²) in [5.74, 6) is -0.305. The maximum atomic E-state index is 12.2. The Morgan fingerprint density at radius 3 is 2.31 bits per heavy atom. The Kier molecular flexibility index (Phi) is 5.38. The standard InChI is InChI=1S/C19H19N5O2/c1-14(25)23-18-8-6-17(7-9-18)19(26)21-10-15-2-4-16(5-3-15)11-24-13-20-12-22-24/h2-9,12-13H,10-11H2,1H3,(H,21,26)(H,23,25). The van der Waals surface area contributed by atoms with E-state index in [0.29, 0.717) is 24.3 Å². The van der Waals surface area contributed by atoms with Crippen LogP contribution in [0.15, 0.2) is 61.2 Å². The van der Waals surface area contributed by atoms with Crippen molar-refractivity contribution in [3.8, 4) is 0 Å². The number of aromatic nitrogens is 3. The van der Waals surface area contributed by atoms with Crippen molar-refractivity contribution in [3.05, 3.63) is 77.9 Å². The van der Waals surface area contributed by atoms with E-state index in [4.69, 9.17) is 0 Å². The summed E-state index contributed by atoms with van der Waals surface area (Å²) in [7, 11) is 0. The van der Waals surface area contributed by atoms with Gasteiger partial charge in [-0.15, -0.1) is 0 Å². The van der Waals surface area contributed by atoms with E-state index in [1.807, 2.05) is 24.3 Å². The van der Waals surface area contributed by atoms with Gasteiger partial charge in [0.2, 0.25) is 5.91 Å². The normalized spacial score (nSPS) is 10.3. The summed E-state index contributed by atoms with van der Waals surface area (Å²) in [6.45, 7) is 2.54. The number of hydrogen-bond donors (Lipinski definition) is 2. The van der Waals surface area contributed by atoms with E-state index >= 15 is 0 Å². The summed E-state index contributed by atoms with van der Waals surface area (Å²) < 4.78 is 1.75. The van der Waals surface area contributed by atoms with Crippen molar-refractivity contribution in [1.29, 1.82) is 0 Å². The van der Waals surface area contributed by atoms with Crippen molar-refractivity contribution in [3.63, 3.8) is 0 Å². The number of carbonyl (C=O) groups is 2. The molecule has 3 aromatic rings. The highest BCUT2D eigenvalue weighted by molar-refractivity contribution is 5.95. The molecule has 0 fully saturated rings. The van der Waals surface area contributed by atoms with E-state index in [0.717, 1.165) is 11.1 Å². The fourth-order valence-electron chi connectivity index (χ4n) is 2.46. The van der Waals surface area contributed by atoms with E-state index in [-0.39, 0.29) is 11.8 Å². The maximum Gasteiger partial charge on any atom is 0.251 e. The maximum absolute atomic E-state index is 12.2. The van der Waals surface area contributed by atoms with Crippen LogP contribution in [0, 0.1) is 0 Å². The Balaban J connectivity index is 1.53. The Morgan fingerprint density at radius 1 is 1.00 bits per heavy atom. The van der Waals surface area contributed by atoms with Crippen molar-refractivity contribution in [2.24, 2.45) is 0 Å². The third-order valence-corrected chi connectivity index (χ3v) is 3.75. The molecule has 0 unspecified atom stereocenters. The van der Waals surface area contributed by atoms with Crippen molar-refractivity contribution < 1.29 is 9.59 Å². The lowest BCUT2D eigenvalue weighted by atomic mass is 10.1. The van der Waals surface area contributed by atoms with Gasteiger partial charge >= 0.3 is 0 Å². The van der Waals surface area contributed by atoms with Gasteiger partial charge in [0.25, 0.3) is 5.91 Å². The number of carbonyl (C=O) groups excluding carboxylic acids is 2. The number of nitrogens with one attached hydrogen (secondary N) is 2. The molecule has 0 radical (unpaired) electrons. The zero-order valence-corrected chi connectivity index (χ0v) is 14.3. The topological polar surface area (TPSA) is 88.9 Å². The Bertz CT molecular complexity index is 871. The third-order valence-electron chi connectivity index (χ3n) is 3.75. The highest BCUT2D eigenvalue weighted by Crippen LogP contribution is 2.10. The third kappa shape index (κ3) is 4.76. The van der Waals surface area contributed by atoms with Gasteiger partial charge in [0, 0.05) is 24.7 Å². The highest BCUT2D eigenvalue weighted by atomic mass is 16.2. The number of amides is 2. The van der Waals surface area contributed by atoms with E-state index in [1.54, 1.807) is 35.3 Å². The molecule has 2 amide bonds. The number of benzene rings is 2. The zero-order valence-electron chi connectivity index (χ0n) is 14.3. The molecule has 0 aliphatic heterocycles. The molecule has 0 atom stereocenters. The van der Waals surface area contributed by atoms with Gasteiger partial charge in [0.1, 0.15) is 12.7 Å². The summed E-state index contributed by atoms with van der Waals surface area (Å²) in [4.78, 5) is 27.1. The second-order valence-electron chi connectivity index (χ2n) is 5.85. The van der Waals surface area contributed by atoms with E-state index in [2.05, 4.69) is 20.7 Å². The molecule has 3 rings (SSSR count). The molecule has 1 heterocycles. The van der Waals surface area contributed by atoms with Crippen LogP contribution in [0.5, 0.6) is 0 Å². The highest BCUT2D eigenvalue weighted by Gasteiger charge is 2.06. The molecule has 0 saturated carbocycles. The Labute approximate surface area is 151 Å². The van der Waals surface area contributed by atoms with E-state index < -0.39 is 0 Å². The minimum atomic E-state index is -0.161. The van der Waals surface area contributed by atoms with Gasteiger partial charge in [-0.25, -0.2) is 9.67 Å². The largest absolute Gasteiger partial charge is 0.348 e. The van der Waals surface area contributed by atoms with Crippen molar-refractivity contribution >= 4 is 17.5 Å². The molecule has 0 aliphatic carbocycles. The average molecular weight is 349 g/mol. The first-order valence-corrected chi connectivity index (χ1v) is 8.16. The Hall–Kier alpha value is -3.48. The minimum absolute atomic E-state index is 0.144. The molecule has 0 aliphatic rings. The van der Waals surface area contributed by atoms with Gasteiger partial charge in [-0.2, -0.15) is 5.10 Å². The first-order chi connectivity index (χ1) is 12.6. The van der Waals surface area contributed by atoms with Crippen LogP contribution in [0.2, 0.25) is 0 Å². The van der Waals surface area contributed by atoms with Crippen LogP contribution in [0.3, 0.4) is 0 Å². The molecule has 2 N–H and O–H groups in total. The number of hydrogen-bond acceptors (Lipinski definition) is 4. The Morgan fingerprint density at radius 2 is 1.69 bits per heavy atom. The van der Waals surface area contributed by atoms with E-state index in [9.17, 15) is 9.59 Å². The SMILES string of the molecule is CC(=O)Nc1ccc(C(=O)NCc2ccc(Cn3cncn3)cc2)cc1. The smallest absolute Gasteiger partial charge is 0.251 e. The van der Waals surface area contributed by atoms with Gasteiger partial charge in [-0.1, -0.05) is 24.3 Å². The minimum Gasteiger partial charge on any atom is -0.348 e. The van der Waals surface area contributed by atoms with Crippen LogP contribution in [0.4, 0.5) is 5.69 Å². The second kappa shape index (κ2) is 8.06. The van der Waals surface area contributed by atoms with Gasteiger partial charge in [0.05, 0.1) is 6.54 Å². The number of nitrogens with zero attached hydrogens (tertiary/aromatic N) is 3. The summed E-state index contributed by atoms with van der Waals surface area (Å²) in [5, 5.41) is 9.63. The van der Waals surface area contributed by atoms with Crippen LogP contribution in [0.1, 0.15) is 28.4 Å². The summed E-state index contributed by atoms with van der Waals surface area (Å²) in [6.07, 6.45) is 3.18. The first-order valence-electron chi connectivity index (χ1n) is 8.16. The van der Waals surface area contributed by atoms with Gasteiger partial charge < -0.3 is 10.6 Å². The fourth-order valence-corrected chi connectivity index (χ4v) is 2.46. The fraction of sp³-hybridized carbons (Fsp3) is 0.158. The van der Waals surface area contributed by atoms with Crippen molar-refractivity contribution in [1.82, 2.24) is 20.1 Å². The summed E-state index contributed by atoms with van der Waals surface area (Å²) in [6, 6.07) is 14.7. The van der Waals surface area contributed by atoms with Crippen LogP contribution in [0.25, 0.3) is 0 Å². The molecule has 0 saturated heterocycles. The molecule has 7 nitrogen and oxygen atoms in total. The lowest BCUT2D eigenvalue weighted by Crippen LogP contribution is -2.22. The first kappa shape index (κ1) is 17.3. The van der Waals surface area contributed by atoms with Gasteiger partial charge in [-0.05, 0) is 35.4 Å². The molecule has 0 spiro atoms. The van der Waals surface area contributed by atoms with Gasteiger partial charge in [0.15, 0.2) is 0 Å². The summed E-state index contributed by atoms with van der Waals surface area (Å²) >= 11 is 0. The van der Waals surface area contributed by atoms with Crippen LogP contribution in [-0.4, -0.2) is 26.6 Å². The molecule has 1 aromatic heterocycles. The molecule has 132 valence electrons. The zero-order chi connectivity index (χ0) is 18.4. The predicted molar refractivity (Wildman–Crippen MR) is 97.5 cm³/mol. The van der Waals surface area contributed by atoms with Crippen molar-refractivity contribution in [2.45, 2.75) is 20.0 Å².